The second kappa shape index (κ2) is 5.95. The van der Waals surface area contributed by atoms with E-state index in [0.717, 1.165) is 5.69 Å². The molecule has 0 amide bonds. The Morgan fingerprint density at radius 3 is 2.26 bits per heavy atom. The van der Waals surface area contributed by atoms with Gasteiger partial charge in [0.15, 0.2) is 0 Å². The van der Waals surface area contributed by atoms with Crippen LogP contribution in [0.3, 0.4) is 0 Å². The summed E-state index contributed by atoms with van der Waals surface area (Å²) in [6.45, 7) is 7.60. The monoisotopic (exact) mass is 264 g/mol. The molecule has 0 spiro atoms. The quantitative estimate of drug-likeness (QED) is 0.671. The molecule has 0 aliphatic heterocycles. The number of nitrogen functional groups attached to an aromatic ring is 1. The van der Waals surface area contributed by atoms with Gasteiger partial charge in [-0.2, -0.15) is 0 Å². The van der Waals surface area contributed by atoms with Crippen LogP contribution in [0.4, 0.5) is 11.4 Å². The Balaban J connectivity index is 2.84. The number of rotatable bonds is 4. The summed E-state index contributed by atoms with van der Waals surface area (Å²) >= 11 is 0. The highest BCUT2D eigenvalue weighted by Gasteiger charge is 2.27. The minimum atomic E-state index is -0.466. The average molecular weight is 264 g/mol. The van der Waals surface area contributed by atoms with Gasteiger partial charge in [-0.1, -0.05) is 6.92 Å². The molecule has 4 nitrogen and oxygen atoms in total. The number of benzene rings is 1. The first-order chi connectivity index (χ1) is 8.74. The molecule has 0 bridgehead atoms. The Hall–Kier alpha value is -1.71. The highest BCUT2D eigenvalue weighted by molar-refractivity contribution is 5.80. The summed E-state index contributed by atoms with van der Waals surface area (Å²) in [7, 11) is 1.89. The van der Waals surface area contributed by atoms with Crippen LogP contribution in [0, 0.1) is 0 Å². The molecule has 0 heterocycles. The van der Waals surface area contributed by atoms with Crippen LogP contribution in [0.1, 0.15) is 34.1 Å². The van der Waals surface area contributed by atoms with Crippen LogP contribution in [0.15, 0.2) is 24.3 Å². The van der Waals surface area contributed by atoms with E-state index in [0.29, 0.717) is 12.1 Å². The van der Waals surface area contributed by atoms with Gasteiger partial charge in [0.05, 0.1) is 0 Å². The van der Waals surface area contributed by atoms with Gasteiger partial charge in [-0.3, -0.25) is 0 Å². The maximum Gasteiger partial charge on any atom is 0.329 e. The lowest BCUT2D eigenvalue weighted by atomic mass is 10.1. The molecule has 0 aliphatic rings. The van der Waals surface area contributed by atoms with Gasteiger partial charge in [0.1, 0.15) is 11.6 Å². The molecular weight excluding hydrogens is 240 g/mol. The van der Waals surface area contributed by atoms with Crippen molar-refractivity contribution in [3.05, 3.63) is 24.3 Å². The molecule has 19 heavy (non-hydrogen) atoms. The lowest BCUT2D eigenvalue weighted by Gasteiger charge is -2.30. The number of hydrogen-bond acceptors (Lipinski definition) is 4. The molecular formula is C15H24N2O2. The number of anilines is 2. The van der Waals surface area contributed by atoms with Gasteiger partial charge in [-0.25, -0.2) is 4.79 Å². The molecule has 106 valence electrons. The molecule has 0 saturated heterocycles. The molecule has 0 aromatic heterocycles. The number of nitrogens with zero attached hydrogens (tertiary/aromatic N) is 1. The Morgan fingerprint density at radius 2 is 1.84 bits per heavy atom. The van der Waals surface area contributed by atoms with Crippen molar-refractivity contribution < 1.29 is 9.53 Å². The zero-order valence-corrected chi connectivity index (χ0v) is 12.4. The molecule has 1 aromatic rings. The van der Waals surface area contributed by atoms with E-state index >= 15 is 0 Å². The van der Waals surface area contributed by atoms with E-state index in [1.54, 1.807) is 0 Å². The summed E-state index contributed by atoms with van der Waals surface area (Å²) < 4.78 is 5.45. The molecule has 1 aromatic carbocycles. The fraction of sp³-hybridized carbons (Fsp3) is 0.533. The SMILES string of the molecule is CCC(C(=O)OC(C)(C)C)N(C)c1ccc(N)cc1. The minimum absolute atomic E-state index is 0.200. The third kappa shape index (κ3) is 4.47. The molecule has 4 heteroatoms. The first-order valence-electron chi connectivity index (χ1n) is 6.56. The van der Waals surface area contributed by atoms with Crippen molar-refractivity contribution in [1.29, 1.82) is 0 Å². The van der Waals surface area contributed by atoms with Crippen molar-refractivity contribution in [2.45, 2.75) is 45.8 Å². The van der Waals surface area contributed by atoms with Crippen molar-refractivity contribution >= 4 is 17.3 Å². The maximum absolute atomic E-state index is 12.2. The van der Waals surface area contributed by atoms with Gasteiger partial charge in [0.25, 0.3) is 0 Å². The highest BCUT2D eigenvalue weighted by Crippen LogP contribution is 2.20. The molecule has 0 saturated carbocycles. The van der Waals surface area contributed by atoms with Crippen molar-refractivity contribution in [1.82, 2.24) is 0 Å². The van der Waals surface area contributed by atoms with Crippen molar-refractivity contribution in [2.24, 2.45) is 0 Å². The number of carbonyl (C=O) groups excluding carboxylic acids is 1. The molecule has 1 atom stereocenters. The first-order valence-corrected chi connectivity index (χ1v) is 6.56. The van der Waals surface area contributed by atoms with Crippen molar-refractivity contribution in [3.8, 4) is 0 Å². The van der Waals surface area contributed by atoms with Gasteiger partial charge in [0, 0.05) is 18.4 Å². The number of esters is 1. The fourth-order valence-corrected chi connectivity index (χ4v) is 1.86. The van der Waals surface area contributed by atoms with E-state index in [1.165, 1.54) is 0 Å². The highest BCUT2D eigenvalue weighted by atomic mass is 16.6. The molecule has 1 unspecified atom stereocenters. The van der Waals surface area contributed by atoms with E-state index in [4.69, 9.17) is 10.5 Å². The summed E-state index contributed by atoms with van der Waals surface area (Å²) in [5.74, 6) is -0.200. The Kier molecular flexibility index (Phi) is 4.81. The molecule has 1 rings (SSSR count). The summed E-state index contributed by atoms with van der Waals surface area (Å²) in [4.78, 5) is 14.1. The summed E-state index contributed by atoms with van der Waals surface area (Å²) in [5.41, 5.74) is 6.86. The van der Waals surface area contributed by atoms with Crippen LogP contribution in [0.2, 0.25) is 0 Å². The predicted octanol–water partition coefficient (Wildman–Crippen LogP) is 2.83. The smallest absolute Gasteiger partial charge is 0.329 e. The normalized spacial score (nSPS) is 12.9. The number of nitrogens with two attached hydrogens (primary N) is 1. The Morgan fingerprint density at radius 1 is 1.32 bits per heavy atom. The van der Waals surface area contributed by atoms with Crippen LogP contribution < -0.4 is 10.6 Å². The molecule has 0 aliphatic carbocycles. The van der Waals surface area contributed by atoms with Crippen molar-refractivity contribution in [3.63, 3.8) is 0 Å². The van der Waals surface area contributed by atoms with Crippen molar-refractivity contribution in [2.75, 3.05) is 17.7 Å². The fourth-order valence-electron chi connectivity index (χ4n) is 1.86. The summed E-state index contributed by atoms with van der Waals surface area (Å²) in [5, 5.41) is 0. The average Bonchev–Trinajstić information content (AvgIpc) is 2.28. The Bertz CT molecular complexity index is 421. The molecule has 0 fully saturated rings. The maximum atomic E-state index is 12.2. The van der Waals surface area contributed by atoms with Gasteiger partial charge in [0.2, 0.25) is 0 Å². The topological polar surface area (TPSA) is 55.6 Å². The summed E-state index contributed by atoms with van der Waals surface area (Å²) in [6.07, 6.45) is 0.690. The van der Waals surface area contributed by atoms with E-state index in [1.807, 2.05) is 63.9 Å². The number of hydrogen-bond donors (Lipinski definition) is 1. The zero-order valence-electron chi connectivity index (χ0n) is 12.4. The van der Waals surface area contributed by atoms with E-state index in [2.05, 4.69) is 0 Å². The largest absolute Gasteiger partial charge is 0.458 e. The lowest BCUT2D eigenvalue weighted by molar-refractivity contribution is -0.156. The van der Waals surface area contributed by atoms with Gasteiger partial charge in [-0.15, -0.1) is 0 Å². The first kappa shape index (κ1) is 15.3. The second-order valence-electron chi connectivity index (χ2n) is 5.66. The molecule has 0 radical (unpaired) electrons. The van der Waals surface area contributed by atoms with Gasteiger partial charge in [-0.05, 0) is 51.5 Å². The molecule has 2 N–H and O–H groups in total. The van der Waals surface area contributed by atoms with E-state index in [9.17, 15) is 4.79 Å². The summed E-state index contributed by atoms with van der Waals surface area (Å²) in [6, 6.07) is 7.18. The number of carbonyl (C=O) groups is 1. The van der Waals surface area contributed by atoms with Gasteiger partial charge < -0.3 is 15.4 Å². The van der Waals surface area contributed by atoms with E-state index < -0.39 is 5.60 Å². The van der Waals surface area contributed by atoms with Crippen LogP contribution in [-0.2, 0) is 9.53 Å². The number of likely N-dealkylation sites (N-methyl/N-ethyl adjacent to an activating group) is 1. The third-order valence-corrected chi connectivity index (χ3v) is 2.83. The van der Waals surface area contributed by atoms with Gasteiger partial charge >= 0.3 is 5.97 Å². The number of ether oxygens (including phenoxy) is 1. The zero-order chi connectivity index (χ0) is 14.6. The lowest BCUT2D eigenvalue weighted by Crippen LogP contribution is -2.42. The van der Waals surface area contributed by atoms with Crippen LogP contribution in [0.25, 0.3) is 0 Å². The van der Waals surface area contributed by atoms with E-state index in [-0.39, 0.29) is 12.0 Å². The Labute approximate surface area is 115 Å². The van der Waals surface area contributed by atoms with Crippen LogP contribution in [0.5, 0.6) is 0 Å². The van der Waals surface area contributed by atoms with Crippen LogP contribution in [-0.4, -0.2) is 24.7 Å². The third-order valence-electron chi connectivity index (χ3n) is 2.83. The predicted molar refractivity (Wildman–Crippen MR) is 79.2 cm³/mol. The minimum Gasteiger partial charge on any atom is -0.458 e. The second-order valence-corrected chi connectivity index (χ2v) is 5.66. The van der Waals surface area contributed by atoms with Crippen LogP contribution >= 0.6 is 0 Å². The standard InChI is InChI=1S/C15H24N2O2/c1-6-13(14(18)19-15(2,3)4)17(5)12-9-7-11(16)8-10-12/h7-10,13H,6,16H2,1-5H3.